The highest BCUT2D eigenvalue weighted by molar-refractivity contribution is 5.83. The average molecular weight is 456 g/mol. The van der Waals surface area contributed by atoms with Crippen LogP contribution in [-0.2, 0) is 0 Å². The molecule has 0 aliphatic rings. The van der Waals surface area contributed by atoms with Crippen LogP contribution in [0.2, 0.25) is 0 Å². The average Bonchev–Trinajstić information content (AvgIpc) is 2.85. The van der Waals surface area contributed by atoms with Gasteiger partial charge in [-0.3, -0.25) is 10.1 Å². The van der Waals surface area contributed by atoms with Gasteiger partial charge in [-0.2, -0.15) is 20.1 Å². The highest BCUT2D eigenvalue weighted by Crippen LogP contribution is 2.21. The summed E-state index contributed by atoms with van der Waals surface area (Å²) < 4.78 is 5.32. The zero-order valence-electron chi connectivity index (χ0n) is 18.0. The van der Waals surface area contributed by atoms with E-state index < -0.39 is 4.92 Å². The van der Waals surface area contributed by atoms with E-state index in [-0.39, 0.29) is 23.5 Å². The zero-order chi connectivity index (χ0) is 23.8. The SMILES string of the molecule is COc1ccccc1/C=N/Nc1nc(Nc2ccccc2)nc(Nc2ccc([N+](=O)[O-])cc2)n1. The lowest BCUT2D eigenvalue weighted by atomic mass is 10.2. The van der Waals surface area contributed by atoms with Crippen LogP contribution < -0.4 is 20.8 Å². The van der Waals surface area contributed by atoms with E-state index >= 15 is 0 Å². The standard InChI is InChI=1S/C23H20N8O3/c1-34-20-10-6-5-7-16(20)15-24-30-23-28-21(25-17-8-3-2-4-9-17)27-22(29-23)26-18-11-13-19(14-12-18)31(32)33/h2-15H,1H3,(H3,25,26,27,28,29,30)/b24-15+. The number of para-hydroxylation sites is 2. The van der Waals surface area contributed by atoms with E-state index in [0.29, 0.717) is 11.4 Å². The summed E-state index contributed by atoms with van der Waals surface area (Å²) in [6.07, 6.45) is 1.59. The molecule has 34 heavy (non-hydrogen) atoms. The van der Waals surface area contributed by atoms with Crippen LogP contribution in [0.15, 0.2) is 84.0 Å². The molecule has 3 aromatic carbocycles. The number of non-ortho nitro benzene ring substituents is 1. The van der Waals surface area contributed by atoms with Gasteiger partial charge in [-0.05, 0) is 36.4 Å². The summed E-state index contributed by atoms with van der Waals surface area (Å²) in [6.45, 7) is 0. The van der Waals surface area contributed by atoms with Crippen molar-refractivity contribution in [3.05, 3.63) is 94.5 Å². The summed E-state index contributed by atoms with van der Waals surface area (Å²) in [5, 5.41) is 21.2. The van der Waals surface area contributed by atoms with E-state index in [2.05, 4.69) is 36.1 Å². The highest BCUT2D eigenvalue weighted by atomic mass is 16.6. The van der Waals surface area contributed by atoms with E-state index in [9.17, 15) is 10.1 Å². The van der Waals surface area contributed by atoms with Crippen LogP contribution in [-0.4, -0.2) is 33.2 Å². The van der Waals surface area contributed by atoms with Crippen molar-refractivity contribution >= 4 is 41.1 Å². The lowest BCUT2D eigenvalue weighted by molar-refractivity contribution is -0.384. The van der Waals surface area contributed by atoms with Crippen molar-refractivity contribution in [1.29, 1.82) is 0 Å². The minimum absolute atomic E-state index is 0.0133. The molecule has 4 rings (SSSR count). The summed E-state index contributed by atoms with van der Waals surface area (Å²) in [6, 6.07) is 22.8. The first-order valence-electron chi connectivity index (χ1n) is 10.1. The minimum Gasteiger partial charge on any atom is -0.496 e. The summed E-state index contributed by atoms with van der Waals surface area (Å²) in [4.78, 5) is 23.5. The molecule has 4 aromatic rings. The number of nitro groups is 1. The van der Waals surface area contributed by atoms with Gasteiger partial charge < -0.3 is 15.4 Å². The van der Waals surface area contributed by atoms with Gasteiger partial charge in [-0.1, -0.05) is 30.3 Å². The smallest absolute Gasteiger partial charge is 0.269 e. The van der Waals surface area contributed by atoms with E-state index in [4.69, 9.17) is 4.74 Å². The first kappa shape index (κ1) is 22.1. The first-order valence-corrected chi connectivity index (χ1v) is 10.1. The van der Waals surface area contributed by atoms with Crippen LogP contribution in [0.3, 0.4) is 0 Å². The molecule has 170 valence electrons. The number of hydrogen-bond donors (Lipinski definition) is 3. The predicted octanol–water partition coefficient (Wildman–Crippen LogP) is 4.72. The number of hydrazone groups is 1. The summed E-state index contributed by atoms with van der Waals surface area (Å²) in [7, 11) is 1.59. The van der Waals surface area contributed by atoms with Gasteiger partial charge in [0.1, 0.15) is 5.75 Å². The molecule has 1 heterocycles. The summed E-state index contributed by atoms with van der Waals surface area (Å²) in [5.41, 5.74) is 4.93. The monoisotopic (exact) mass is 456 g/mol. The largest absolute Gasteiger partial charge is 0.496 e. The van der Waals surface area contributed by atoms with Crippen molar-refractivity contribution in [3.63, 3.8) is 0 Å². The molecule has 0 radical (unpaired) electrons. The van der Waals surface area contributed by atoms with Gasteiger partial charge in [0.25, 0.3) is 5.69 Å². The maximum Gasteiger partial charge on any atom is 0.269 e. The van der Waals surface area contributed by atoms with Crippen LogP contribution in [0.25, 0.3) is 0 Å². The number of nitrogens with zero attached hydrogens (tertiary/aromatic N) is 5. The van der Waals surface area contributed by atoms with Crippen molar-refractivity contribution in [2.24, 2.45) is 5.10 Å². The number of ether oxygens (including phenoxy) is 1. The molecule has 0 aliphatic heterocycles. The molecule has 1 aromatic heterocycles. The summed E-state index contributed by atoms with van der Waals surface area (Å²) in [5.74, 6) is 1.36. The molecule has 0 spiro atoms. The van der Waals surface area contributed by atoms with Crippen molar-refractivity contribution < 1.29 is 9.66 Å². The third-order valence-corrected chi connectivity index (χ3v) is 4.51. The topological polar surface area (TPSA) is 139 Å². The Morgan fingerprint density at radius 3 is 2.06 bits per heavy atom. The Kier molecular flexibility index (Phi) is 6.84. The van der Waals surface area contributed by atoms with Gasteiger partial charge in [0.2, 0.25) is 17.8 Å². The van der Waals surface area contributed by atoms with Crippen LogP contribution in [0, 0.1) is 10.1 Å². The first-order chi connectivity index (χ1) is 16.6. The maximum atomic E-state index is 10.9. The second kappa shape index (κ2) is 10.5. The second-order valence-electron chi connectivity index (χ2n) is 6.84. The number of aromatic nitrogens is 3. The molecular weight excluding hydrogens is 436 g/mol. The fraction of sp³-hybridized carbons (Fsp3) is 0.0435. The molecular formula is C23H20N8O3. The molecule has 0 saturated carbocycles. The predicted molar refractivity (Wildman–Crippen MR) is 130 cm³/mol. The Balaban J connectivity index is 1.58. The van der Waals surface area contributed by atoms with Crippen molar-refractivity contribution in [1.82, 2.24) is 15.0 Å². The Morgan fingerprint density at radius 2 is 1.41 bits per heavy atom. The molecule has 0 bridgehead atoms. The molecule has 0 atom stereocenters. The van der Waals surface area contributed by atoms with E-state index in [1.54, 1.807) is 25.5 Å². The lowest BCUT2D eigenvalue weighted by Crippen LogP contribution is -2.07. The Bertz CT molecular complexity index is 1300. The number of nitro benzene ring substituents is 1. The van der Waals surface area contributed by atoms with Gasteiger partial charge in [0, 0.05) is 29.1 Å². The third kappa shape index (κ3) is 5.79. The number of rotatable bonds is 9. The number of methoxy groups -OCH3 is 1. The van der Waals surface area contributed by atoms with E-state index in [0.717, 1.165) is 11.3 Å². The van der Waals surface area contributed by atoms with Crippen molar-refractivity contribution in [2.45, 2.75) is 0 Å². The van der Waals surface area contributed by atoms with Crippen LogP contribution in [0.5, 0.6) is 5.75 Å². The molecule has 0 fully saturated rings. The Labute approximate surface area is 194 Å². The van der Waals surface area contributed by atoms with Crippen molar-refractivity contribution in [2.75, 3.05) is 23.2 Å². The third-order valence-electron chi connectivity index (χ3n) is 4.51. The zero-order valence-corrected chi connectivity index (χ0v) is 18.0. The van der Waals surface area contributed by atoms with Gasteiger partial charge in [0.15, 0.2) is 0 Å². The molecule has 3 N–H and O–H groups in total. The van der Waals surface area contributed by atoms with Crippen LogP contribution in [0.4, 0.5) is 34.9 Å². The quantitative estimate of drug-likeness (QED) is 0.185. The fourth-order valence-electron chi connectivity index (χ4n) is 2.92. The molecule has 0 aliphatic carbocycles. The number of hydrogen-bond acceptors (Lipinski definition) is 10. The Hall–Kier alpha value is -5.06. The molecule has 0 unspecified atom stereocenters. The number of nitrogens with one attached hydrogen (secondary N) is 3. The molecule has 0 amide bonds. The number of benzene rings is 3. The maximum absolute atomic E-state index is 10.9. The second-order valence-corrected chi connectivity index (χ2v) is 6.84. The fourth-order valence-corrected chi connectivity index (χ4v) is 2.92. The highest BCUT2D eigenvalue weighted by Gasteiger charge is 2.09. The molecule has 0 saturated heterocycles. The van der Waals surface area contributed by atoms with Gasteiger partial charge >= 0.3 is 0 Å². The van der Waals surface area contributed by atoms with E-state index in [1.807, 2.05) is 54.6 Å². The van der Waals surface area contributed by atoms with Gasteiger partial charge in [-0.15, -0.1) is 0 Å². The van der Waals surface area contributed by atoms with Crippen molar-refractivity contribution in [3.8, 4) is 5.75 Å². The summed E-state index contributed by atoms with van der Waals surface area (Å²) >= 11 is 0. The van der Waals surface area contributed by atoms with E-state index in [1.165, 1.54) is 12.1 Å². The van der Waals surface area contributed by atoms with Gasteiger partial charge in [-0.25, -0.2) is 5.43 Å². The van der Waals surface area contributed by atoms with Crippen LogP contribution in [0.1, 0.15) is 5.56 Å². The van der Waals surface area contributed by atoms with Gasteiger partial charge in [0.05, 0.1) is 18.2 Å². The molecule has 11 nitrogen and oxygen atoms in total. The normalized spacial score (nSPS) is 10.6. The number of anilines is 5. The Morgan fingerprint density at radius 1 is 0.824 bits per heavy atom. The van der Waals surface area contributed by atoms with Crippen LogP contribution >= 0.6 is 0 Å². The molecule has 11 heteroatoms. The minimum atomic E-state index is -0.462. The lowest BCUT2D eigenvalue weighted by Gasteiger charge is -2.10.